The van der Waals surface area contributed by atoms with Gasteiger partial charge in [-0.25, -0.2) is 0 Å². The number of hydrogen-bond donors (Lipinski definition) is 0. The molecule has 0 radical (unpaired) electrons. The highest BCUT2D eigenvalue weighted by molar-refractivity contribution is 5.35. The molecule has 0 aromatic heterocycles. The molecule has 0 saturated carbocycles. The van der Waals surface area contributed by atoms with Gasteiger partial charge in [0.2, 0.25) is 0 Å². The second-order valence-electron chi connectivity index (χ2n) is 5.41. The second kappa shape index (κ2) is 7.07. The Kier molecular flexibility index (Phi) is 4.84. The topological polar surface area (TPSA) is 18.5 Å². The molecule has 0 atom stereocenters. The lowest BCUT2D eigenvalue weighted by molar-refractivity contribution is -0.207. The maximum Gasteiger partial charge on any atom is 0.427 e. The Labute approximate surface area is 147 Å². The average molecular weight is 362 g/mol. The predicted octanol–water partition coefficient (Wildman–Crippen LogP) is 5.94. The third kappa shape index (κ3) is 3.96. The molecule has 134 valence electrons. The van der Waals surface area contributed by atoms with Crippen LogP contribution in [-0.4, -0.2) is 0 Å². The van der Waals surface area contributed by atoms with E-state index in [-0.39, 0.29) is 11.5 Å². The number of para-hydroxylation sites is 2. The molecule has 3 aromatic carbocycles. The van der Waals surface area contributed by atoms with Crippen LogP contribution in [0.3, 0.4) is 0 Å². The summed E-state index contributed by atoms with van der Waals surface area (Å²) in [7, 11) is 0. The van der Waals surface area contributed by atoms with E-state index in [2.05, 4.69) is 9.47 Å². The lowest BCUT2D eigenvalue weighted by Gasteiger charge is -2.25. The van der Waals surface area contributed by atoms with Crippen molar-refractivity contribution in [3.05, 3.63) is 96.1 Å². The summed E-state index contributed by atoms with van der Waals surface area (Å²) in [5, 5.41) is 0. The molecule has 0 aliphatic heterocycles. The van der Waals surface area contributed by atoms with E-state index in [1.54, 1.807) is 12.1 Å². The minimum atomic E-state index is -3.97. The summed E-state index contributed by atoms with van der Waals surface area (Å²) < 4.78 is 67.5. The van der Waals surface area contributed by atoms with E-state index in [4.69, 9.17) is 0 Å². The quantitative estimate of drug-likeness (QED) is 0.505. The Hall–Kier alpha value is -3.02. The lowest BCUT2D eigenvalue weighted by atomic mass is 10.1. The number of alkyl halides is 4. The van der Waals surface area contributed by atoms with Crippen LogP contribution >= 0.6 is 0 Å². The molecule has 0 aliphatic rings. The fraction of sp³-hybridized carbons (Fsp3) is 0.100. The zero-order chi connectivity index (χ0) is 18.6. The second-order valence-corrected chi connectivity index (χ2v) is 5.41. The summed E-state index contributed by atoms with van der Waals surface area (Å²) in [5.74, 6) is -0.279. The summed E-state index contributed by atoms with van der Waals surface area (Å²) in [6, 6.07) is 18.8. The summed E-state index contributed by atoms with van der Waals surface area (Å²) >= 11 is 0. The normalized spacial score (nSPS) is 11.8. The maximum absolute atomic E-state index is 14.6. The van der Waals surface area contributed by atoms with Gasteiger partial charge in [0.15, 0.2) is 0 Å². The molecule has 6 heteroatoms. The smallest absolute Gasteiger partial charge is 0.427 e. The van der Waals surface area contributed by atoms with Gasteiger partial charge in [-0.2, -0.15) is 17.6 Å². The first-order valence-electron chi connectivity index (χ1n) is 7.72. The average Bonchev–Trinajstić information content (AvgIpc) is 2.63. The van der Waals surface area contributed by atoms with Crippen LogP contribution in [0.15, 0.2) is 84.9 Å². The minimum Gasteiger partial charge on any atom is -0.429 e. The fourth-order valence-electron chi connectivity index (χ4n) is 2.37. The van der Waals surface area contributed by atoms with Crippen molar-refractivity contribution in [2.24, 2.45) is 0 Å². The summed E-state index contributed by atoms with van der Waals surface area (Å²) in [4.78, 5) is 0. The SMILES string of the molecule is FC(F)(Oc1ccccc1)c1ccccc1C(F)(F)Oc1ccccc1. The first-order chi connectivity index (χ1) is 12.4. The van der Waals surface area contributed by atoms with E-state index in [1.807, 2.05) is 0 Å². The van der Waals surface area contributed by atoms with Crippen molar-refractivity contribution >= 4 is 0 Å². The van der Waals surface area contributed by atoms with Gasteiger partial charge in [-0.15, -0.1) is 0 Å². The summed E-state index contributed by atoms with van der Waals surface area (Å²) in [6.07, 6.45) is -7.94. The predicted molar refractivity (Wildman–Crippen MR) is 88.4 cm³/mol. The van der Waals surface area contributed by atoms with Crippen LogP contribution in [0.5, 0.6) is 11.5 Å². The van der Waals surface area contributed by atoms with Gasteiger partial charge in [0.1, 0.15) is 11.5 Å². The number of ether oxygens (including phenoxy) is 2. The molecule has 26 heavy (non-hydrogen) atoms. The van der Waals surface area contributed by atoms with E-state index in [9.17, 15) is 17.6 Å². The van der Waals surface area contributed by atoms with Crippen LogP contribution in [0.1, 0.15) is 11.1 Å². The van der Waals surface area contributed by atoms with Crippen molar-refractivity contribution in [2.45, 2.75) is 12.2 Å². The zero-order valence-electron chi connectivity index (χ0n) is 13.4. The summed E-state index contributed by atoms with van der Waals surface area (Å²) in [6.45, 7) is 0. The number of rotatable bonds is 6. The van der Waals surface area contributed by atoms with Crippen LogP contribution in [0.4, 0.5) is 17.6 Å². The highest BCUT2D eigenvalue weighted by Gasteiger charge is 2.46. The first-order valence-corrected chi connectivity index (χ1v) is 7.72. The van der Waals surface area contributed by atoms with Gasteiger partial charge >= 0.3 is 12.2 Å². The minimum absolute atomic E-state index is 0.139. The third-order valence-electron chi connectivity index (χ3n) is 3.53. The molecule has 0 aliphatic carbocycles. The van der Waals surface area contributed by atoms with E-state index in [0.29, 0.717) is 0 Å². The summed E-state index contributed by atoms with van der Waals surface area (Å²) in [5.41, 5.74) is -1.94. The van der Waals surface area contributed by atoms with Gasteiger partial charge in [0.25, 0.3) is 0 Å². The van der Waals surface area contributed by atoms with Crippen LogP contribution in [-0.2, 0) is 12.2 Å². The van der Waals surface area contributed by atoms with Gasteiger partial charge in [-0.05, 0) is 36.4 Å². The van der Waals surface area contributed by atoms with Gasteiger partial charge in [-0.3, -0.25) is 0 Å². The van der Waals surface area contributed by atoms with Crippen LogP contribution in [0, 0.1) is 0 Å². The van der Waals surface area contributed by atoms with Gasteiger partial charge in [0.05, 0.1) is 11.1 Å². The van der Waals surface area contributed by atoms with Crippen LogP contribution in [0.25, 0.3) is 0 Å². The van der Waals surface area contributed by atoms with Gasteiger partial charge in [-0.1, -0.05) is 48.5 Å². The fourth-order valence-corrected chi connectivity index (χ4v) is 2.37. The highest BCUT2D eigenvalue weighted by Crippen LogP contribution is 2.40. The van der Waals surface area contributed by atoms with Crippen molar-refractivity contribution in [3.63, 3.8) is 0 Å². The Balaban J connectivity index is 1.94. The van der Waals surface area contributed by atoms with Crippen molar-refractivity contribution in [2.75, 3.05) is 0 Å². The number of halogens is 4. The molecule has 0 amide bonds. The Morgan fingerprint density at radius 2 is 0.769 bits per heavy atom. The third-order valence-corrected chi connectivity index (χ3v) is 3.53. The Morgan fingerprint density at radius 1 is 0.462 bits per heavy atom. The molecule has 0 saturated heterocycles. The molecule has 3 aromatic rings. The standard InChI is InChI=1S/C20H14F4O2/c21-19(22,25-15-9-3-1-4-10-15)17-13-7-8-14-18(17)20(23,24)26-16-11-5-2-6-12-16/h1-14H. The maximum atomic E-state index is 14.6. The van der Waals surface area contributed by atoms with E-state index < -0.39 is 23.3 Å². The van der Waals surface area contributed by atoms with Crippen molar-refractivity contribution in [1.82, 2.24) is 0 Å². The van der Waals surface area contributed by atoms with E-state index in [1.165, 1.54) is 60.7 Å². The molecule has 3 rings (SSSR count). The Morgan fingerprint density at radius 3 is 1.12 bits per heavy atom. The van der Waals surface area contributed by atoms with Crippen LogP contribution < -0.4 is 9.47 Å². The molecular formula is C20H14F4O2. The van der Waals surface area contributed by atoms with E-state index in [0.717, 1.165) is 12.1 Å². The number of hydrogen-bond acceptors (Lipinski definition) is 2. The van der Waals surface area contributed by atoms with Gasteiger partial charge in [0, 0.05) is 0 Å². The van der Waals surface area contributed by atoms with Crippen molar-refractivity contribution in [1.29, 1.82) is 0 Å². The number of benzene rings is 3. The highest BCUT2D eigenvalue weighted by atomic mass is 19.3. The molecule has 0 bridgehead atoms. The molecule has 0 fully saturated rings. The van der Waals surface area contributed by atoms with Crippen molar-refractivity contribution < 1.29 is 27.0 Å². The van der Waals surface area contributed by atoms with Gasteiger partial charge < -0.3 is 9.47 Å². The molecule has 2 nitrogen and oxygen atoms in total. The molecule has 0 heterocycles. The lowest BCUT2D eigenvalue weighted by Crippen LogP contribution is -2.30. The zero-order valence-corrected chi connectivity index (χ0v) is 13.4. The molecule has 0 spiro atoms. The largest absolute Gasteiger partial charge is 0.429 e. The molecular weight excluding hydrogens is 348 g/mol. The first kappa shape index (κ1) is 17.8. The van der Waals surface area contributed by atoms with Crippen LogP contribution in [0.2, 0.25) is 0 Å². The van der Waals surface area contributed by atoms with E-state index >= 15 is 0 Å². The van der Waals surface area contributed by atoms with Crippen molar-refractivity contribution in [3.8, 4) is 11.5 Å². The molecule has 0 N–H and O–H groups in total. The monoisotopic (exact) mass is 362 g/mol. The molecule has 0 unspecified atom stereocenters. The Bertz CT molecular complexity index is 779.